The lowest BCUT2D eigenvalue weighted by Crippen LogP contribution is -2.15. The van der Waals surface area contributed by atoms with Gasteiger partial charge in [0.2, 0.25) is 0 Å². The third-order valence-corrected chi connectivity index (χ3v) is 4.30. The molecule has 2 heterocycles. The summed E-state index contributed by atoms with van der Waals surface area (Å²) in [6.45, 7) is 1.60. The number of aromatic amines is 2. The minimum atomic E-state index is -0.585. The lowest BCUT2D eigenvalue weighted by atomic mass is 10.1. The maximum atomic E-state index is 14.0. The van der Waals surface area contributed by atoms with Crippen molar-refractivity contribution in [2.75, 3.05) is 5.32 Å². The summed E-state index contributed by atoms with van der Waals surface area (Å²) >= 11 is 0. The van der Waals surface area contributed by atoms with E-state index in [0.717, 1.165) is 11.1 Å². The summed E-state index contributed by atoms with van der Waals surface area (Å²) in [5, 5.41) is 18.7. The van der Waals surface area contributed by atoms with Crippen molar-refractivity contribution >= 4 is 22.6 Å². The predicted molar refractivity (Wildman–Crippen MR) is 98.7 cm³/mol. The van der Waals surface area contributed by atoms with Gasteiger partial charge in [-0.1, -0.05) is 18.2 Å². The number of amides is 1. The number of anilines is 1. The van der Waals surface area contributed by atoms with Crippen molar-refractivity contribution in [1.29, 1.82) is 0 Å². The second kappa shape index (κ2) is 6.65. The monoisotopic (exact) mass is 365 g/mol. The van der Waals surface area contributed by atoms with Gasteiger partial charge in [-0.2, -0.15) is 5.10 Å². The molecule has 8 heteroatoms. The van der Waals surface area contributed by atoms with Crippen molar-refractivity contribution < 1.29 is 14.3 Å². The van der Waals surface area contributed by atoms with E-state index >= 15 is 0 Å². The molecule has 0 bridgehead atoms. The summed E-state index contributed by atoms with van der Waals surface area (Å²) in [4.78, 5) is 20.1. The summed E-state index contributed by atoms with van der Waals surface area (Å²) in [6.07, 6.45) is 1.44. The van der Waals surface area contributed by atoms with Crippen molar-refractivity contribution in [3.05, 3.63) is 65.1 Å². The highest BCUT2D eigenvalue weighted by Gasteiger charge is 2.19. The molecule has 0 aliphatic rings. The fourth-order valence-corrected chi connectivity index (χ4v) is 2.94. The number of halogens is 1. The number of fused-ring (bicyclic) bond motifs is 1. The molecule has 0 aliphatic carbocycles. The van der Waals surface area contributed by atoms with Crippen LogP contribution in [0.3, 0.4) is 0 Å². The Bertz CT molecular complexity index is 1130. The minimum Gasteiger partial charge on any atom is -0.392 e. The van der Waals surface area contributed by atoms with Crippen molar-refractivity contribution in [3.63, 3.8) is 0 Å². The normalized spacial score (nSPS) is 11.1. The number of aliphatic hydroxyl groups excluding tert-OH is 1. The number of imidazole rings is 1. The van der Waals surface area contributed by atoms with Gasteiger partial charge in [0, 0.05) is 0 Å². The highest BCUT2D eigenvalue weighted by atomic mass is 19.1. The van der Waals surface area contributed by atoms with Crippen molar-refractivity contribution in [3.8, 4) is 11.5 Å². The molecule has 0 radical (unpaired) electrons. The Balaban J connectivity index is 1.68. The molecule has 0 unspecified atom stereocenters. The van der Waals surface area contributed by atoms with E-state index in [1.807, 2.05) is 0 Å². The van der Waals surface area contributed by atoms with Gasteiger partial charge in [-0.3, -0.25) is 9.89 Å². The van der Waals surface area contributed by atoms with Crippen LogP contribution < -0.4 is 5.32 Å². The van der Waals surface area contributed by atoms with Crippen LogP contribution in [0.15, 0.2) is 42.6 Å². The zero-order chi connectivity index (χ0) is 19.0. The van der Waals surface area contributed by atoms with Gasteiger partial charge in [0.25, 0.3) is 5.91 Å². The molecule has 7 nitrogen and oxygen atoms in total. The van der Waals surface area contributed by atoms with Crippen molar-refractivity contribution in [2.24, 2.45) is 0 Å². The number of carbonyl (C=O) groups is 1. The van der Waals surface area contributed by atoms with Gasteiger partial charge < -0.3 is 15.4 Å². The Hall–Kier alpha value is -3.52. The number of hydrogen-bond donors (Lipinski definition) is 4. The topological polar surface area (TPSA) is 107 Å². The molecule has 4 rings (SSSR count). The maximum absolute atomic E-state index is 14.0. The van der Waals surface area contributed by atoms with E-state index in [4.69, 9.17) is 0 Å². The largest absolute Gasteiger partial charge is 0.392 e. The van der Waals surface area contributed by atoms with Crippen LogP contribution in [-0.4, -0.2) is 31.2 Å². The quantitative estimate of drug-likeness (QED) is 0.446. The lowest BCUT2D eigenvalue weighted by molar-refractivity contribution is 0.102. The molecular formula is C19H16FN5O2. The average molecular weight is 365 g/mol. The van der Waals surface area contributed by atoms with Crippen LogP contribution in [0.5, 0.6) is 0 Å². The van der Waals surface area contributed by atoms with Gasteiger partial charge in [-0.05, 0) is 36.2 Å². The van der Waals surface area contributed by atoms with E-state index in [9.17, 15) is 14.3 Å². The Morgan fingerprint density at radius 1 is 1.30 bits per heavy atom. The summed E-state index contributed by atoms with van der Waals surface area (Å²) in [7, 11) is 0. The van der Waals surface area contributed by atoms with Crippen LogP contribution in [0, 0.1) is 12.7 Å². The Kier molecular flexibility index (Phi) is 4.17. The van der Waals surface area contributed by atoms with Gasteiger partial charge in [0.1, 0.15) is 11.5 Å². The van der Waals surface area contributed by atoms with Crippen LogP contribution in [0.1, 0.15) is 21.5 Å². The van der Waals surface area contributed by atoms with E-state index in [1.165, 1.54) is 12.3 Å². The molecule has 27 heavy (non-hydrogen) atoms. The number of benzene rings is 2. The van der Waals surface area contributed by atoms with E-state index < -0.39 is 11.7 Å². The smallest absolute Gasteiger partial charge is 0.259 e. The highest BCUT2D eigenvalue weighted by molar-refractivity contribution is 6.06. The van der Waals surface area contributed by atoms with Crippen LogP contribution in [0.25, 0.3) is 22.6 Å². The van der Waals surface area contributed by atoms with E-state index in [1.54, 1.807) is 37.3 Å². The second-order valence-corrected chi connectivity index (χ2v) is 6.14. The zero-order valence-electron chi connectivity index (χ0n) is 14.4. The van der Waals surface area contributed by atoms with Crippen LogP contribution in [-0.2, 0) is 6.61 Å². The first kappa shape index (κ1) is 16.9. The number of H-pyrrole nitrogens is 2. The number of hydrogen-bond acceptors (Lipinski definition) is 4. The van der Waals surface area contributed by atoms with Gasteiger partial charge in [-0.15, -0.1) is 0 Å². The zero-order valence-corrected chi connectivity index (χ0v) is 14.4. The SMILES string of the molecule is Cc1cccc(F)c1C(=O)Nc1cn[nH]c1-c1nc2ccc(CO)cc2[nH]1. The molecule has 2 aromatic heterocycles. The van der Waals surface area contributed by atoms with Crippen molar-refractivity contribution in [2.45, 2.75) is 13.5 Å². The first-order valence-corrected chi connectivity index (χ1v) is 8.26. The molecule has 0 aliphatic heterocycles. The number of nitrogens with zero attached hydrogens (tertiary/aromatic N) is 2. The summed E-state index contributed by atoms with van der Waals surface area (Å²) in [5.74, 6) is -0.678. The van der Waals surface area contributed by atoms with Gasteiger partial charge in [-0.25, -0.2) is 9.37 Å². The Morgan fingerprint density at radius 3 is 2.93 bits per heavy atom. The third kappa shape index (κ3) is 3.06. The molecule has 0 spiro atoms. The number of aryl methyl sites for hydroxylation is 1. The lowest BCUT2D eigenvalue weighted by Gasteiger charge is -2.08. The molecular weight excluding hydrogens is 349 g/mol. The standard InChI is InChI=1S/C19H16FN5O2/c1-10-3-2-4-12(20)16(10)19(27)24-15-8-21-25-17(15)18-22-13-6-5-11(9-26)7-14(13)23-18/h2-8,26H,9H2,1H3,(H,21,25)(H,22,23)(H,24,27). The first-order valence-electron chi connectivity index (χ1n) is 8.26. The molecule has 0 atom stereocenters. The average Bonchev–Trinajstić information content (AvgIpc) is 3.26. The molecule has 4 N–H and O–H groups in total. The number of rotatable bonds is 4. The van der Waals surface area contributed by atoms with Crippen LogP contribution in [0.4, 0.5) is 10.1 Å². The second-order valence-electron chi connectivity index (χ2n) is 6.14. The van der Waals surface area contributed by atoms with Gasteiger partial charge in [0.15, 0.2) is 5.82 Å². The Morgan fingerprint density at radius 2 is 2.15 bits per heavy atom. The van der Waals surface area contributed by atoms with Crippen LogP contribution in [0.2, 0.25) is 0 Å². The summed E-state index contributed by atoms with van der Waals surface area (Å²) in [6, 6.07) is 9.84. The van der Waals surface area contributed by atoms with E-state index in [0.29, 0.717) is 28.3 Å². The Labute approximate surface area is 153 Å². The minimum absolute atomic E-state index is 0.0122. The number of nitrogens with one attached hydrogen (secondary N) is 3. The van der Waals surface area contributed by atoms with E-state index in [2.05, 4.69) is 25.5 Å². The fourth-order valence-electron chi connectivity index (χ4n) is 2.94. The molecule has 0 saturated heterocycles. The van der Waals surface area contributed by atoms with Gasteiger partial charge >= 0.3 is 0 Å². The van der Waals surface area contributed by atoms with Crippen LogP contribution >= 0.6 is 0 Å². The van der Waals surface area contributed by atoms with E-state index in [-0.39, 0.29) is 12.2 Å². The molecule has 136 valence electrons. The van der Waals surface area contributed by atoms with Crippen molar-refractivity contribution in [1.82, 2.24) is 20.2 Å². The van der Waals surface area contributed by atoms with Gasteiger partial charge in [0.05, 0.1) is 35.1 Å². The molecule has 1 amide bonds. The molecule has 4 aromatic rings. The summed E-state index contributed by atoms with van der Waals surface area (Å²) < 4.78 is 14.0. The summed E-state index contributed by atoms with van der Waals surface area (Å²) in [5.41, 5.74) is 3.58. The number of aromatic nitrogens is 4. The molecule has 0 fully saturated rings. The fraction of sp³-hybridized carbons (Fsp3) is 0.105. The first-order chi connectivity index (χ1) is 13.1. The number of aliphatic hydroxyl groups is 1. The number of carbonyl (C=O) groups excluding carboxylic acids is 1. The highest BCUT2D eigenvalue weighted by Crippen LogP contribution is 2.26. The molecule has 2 aromatic carbocycles. The predicted octanol–water partition coefficient (Wildman–Crippen LogP) is 3.15. The third-order valence-electron chi connectivity index (χ3n) is 4.30. The maximum Gasteiger partial charge on any atom is 0.259 e. The molecule has 0 saturated carbocycles.